The van der Waals surface area contributed by atoms with Crippen LogP contribution in [0.3, 0.4) is 0 Å². The summed E-state index contributed by atoms with van der Waals surface area (Å²) in [6.45, 7) is 3.95. The van der Waals surface area contributed by atoms with Crippen molar-refractivity contribution < 1.29 is 0 Å². The van der Waals surface area contributed by atoms with E-state index in [9.17, 15) is 0 Å². The molecule has 4 heteroatoms. The number of aliphatic imine (C=N–C) groups is 2. The molecule has 0 fully saturated rings. The molecule has 0 aliphatic rings. The van der Waals surface area contributed by atoms with Gasteiger partial charge in [0.25, 0.3) is 0 Å². The van der Waals surface area contributed by atoms with Crippen LogP contribution in [0.1, 0.15) is 22.3 Å². The number of halogens is 2. The van der Waals surface area contributed by atoms with Crippen molar-refractivity contribution >= 4 is 46.0 Å². The Kier molecular flexibility index (Phi) is 6.84. The largest absolute Gasteiger partial charge is 0.246 e. The first kappa shape index (κ1) is 22.0. The second kappa shape index (κ2) is 9.95. The molecule has 32 heavy (non-hydrogen) atoms. The minimum Gasteiger partial charge on any atom is -0.246 e. The maximum absolute atomic E-state index is 6.39. The van der Waals surface area contributed by atoms with Crippen LogP contribution in [0, 0.1) is 13.8 Å². The molecule has 0 saturated heterocycles. The fourth-order valence-electron chi connectivity index (χ4n) is 3.38. The minimum absolute atomic E-state index is 0.683. The van der Waals surface area contributed by atoms with Gasteiger partial charge in [0.05, 0.1) is 22.8 Å². The van der Waals surface area contributed by atoms with Crippen molar-refractivity contribution in [2.45, 2.75) is 13.8 Å². The first-order valence-electron chi connectivity index (χ1n) is 10.3. The van der Waals surface area contributed by atoms with E-state index in [2.05, 4.69) is 0 Å². The summed E-state index contributed by atoms with van der Waals surface area (Å²) < 4.78 is 0. The lowest BCUT2D eigenvalue weighted by Gasteiger charge is -2.14. The van der Waals surface area contributed by atoms with Gasteiger partial charge in [-0.1, -0.05) is 96.0 Å². The Morgan fingerprint density at radius 1 is 0.500 bits per heavy atom. The van der Waals surface area contributed by atoms with Crippen LogP contribution in [0.5, 0.6) is 0 Å². The molecule has 4 aromatic carbocycles. The number of rotatable bonds is 5. The lowest BCUT2D eigenvalue weighted by molar-refractivity contribution is 1.38. The summed E-state index contributed by atoms with van der Waals surface area (Å²) in [7, 11) is 0. The molecule has 0 spiro atoms. The SMILES string of the molecule is Cc1c(Cl)cccc1/N=C(/C(=N/c1cccc(Cl)c1C)c1ccccc1)c1ccccc1. The summed E-state index contributed by atoms with van der Waals surface area (Å²) in [5, 5.41) is 1.37. The highest BCUT2D eigenvalue weighted by Gasteiger charge is 2.17. The molecule has 0 aromatic heterocycles. The van der Waals surface area contributed by atoms with Crippen molar-refractivity contribution in [3.05, 3.63) is 129 Å². The summed E-state index contributed by atoms with van der Waals surface area (Å²) in [4.78, 5) is 10.2. The van der Waals surface area contributed by atoms with Crippen LogP contribution < -0.4 is 0 Å². The van der Waals surface area contributed by atoms with Crippen LogP contribution in [0.25, 0.3) is 0 Å². The average Bonchev–Trinajstić information content (AvgIpc) is 2.82. The normalized spacial score (nSPS) is 12.1. The zero-order valence-corrected chi connectivity index (χ0v) is 19.4. The summed E-state index contributed by atoms with van der Waals surface area (Å²) in [5.74, 6) is 0. The zero-order chi connectivity index (χ0) is 22.5. The Hall–Kier alpha value is -3.20. The maximum Gasteiger partial charge on any atom is 0.0972 e. The fourth-order valence-corrected chi connectivity index (χ4v) is 3.71. The molecule has 0 aliphatic carbocycles. The Morgan fingerprint density at radius 2 is 0.875 bits per heavy atom. The van der Waals surface area contributed by atoms with Crippen molar-refractivity contribution in [3.8, 4) is 0 Å². The molecular formula is C28H22Cl2N2. The number of hydrogen-bond acceptors (Lipinski definition) is 2. The molecule has 0 amide bonds. The minimum atomic E-state index is 0.683. The van der Waals surface area contributed by atoms with Gasteiger partial charge in [-0.3, -0.25) is 0 Å². The van der Waals surface area contributed by atoms with Gasteiger partial charge in [0.2, 0.25) is 0 Å². The van der Waals surface area contributed by atoms with Gasteiger partial charge in [0.15, 0.2) is 0 Å². The Bertz CT molecular complexity index is 1190. The molecule has 2 nitrogen and oxygen atoms in total. The third-order valence-electron chi connectivity index (χ3n) is 5.26. The molecule has 158 valence electrons. The van der Waals surface area contributed by atoms with E-state index in [1.807, 2.05) is 111 Å². The first-order chi connectivity index (χ1) is 15.5. The topological polar surface area (TPSA) is 24.7 Å². The van der Waals surface area contributed by atoms with Gasteiger partial charge < -0.3 is 0 Å². The van der Waals surface area contributed by atoms with Crippen LogP contribution in [0.15, 0.2) is 107 Å². The van der Waals surface area contributed by atoms with Gasteiger partial charge in [0.1, 0.15) is 0 Å². The van der Waals surface area contributed by atoms with Gasteiger partial charge in [-0.25, -0.2) is 9.98 Å². The van der Waals surface area contributed by atoms with Gasteiger partial charge >= 0.3 is 0 Å². The molecular weight excluding hydrogens is 435 g/mol. The number of benzene rings is 4. The number of nitrogens with zero attached hydrogens (tertiary/aromatic N) is 2. The third-order valence-corrected chi connectivity index (χ3v) is 6.08. The molecule has 0 aliphatic heterocycles. The molecule has 0 radical (unpaired) electrons. The van der Waals surface area contributed by atoms with Gasteiger partial charge in [0, 0.05) is 21.2 Å². The monoisotopic (exact) mass is 456 g/mol. The Balaban J connectivity index is 2.02. The van der Waals surface area contributed by atoms with E-state index in [-0.39, 0.29) is 0 Å². The highest BCUT2D eigenvalue weighted by Crippen LogP contribution is 2.29. The second-order valence-electron chi connectivity index (χ2n) is 7.42. The van der Waals surface area contributed by atoms with E-state index in [4.69, 9.17) is 33.2 Å². The van der Waals surface area contributed by atoms with Crippen molar-refractivity contribution in [2.24, 2.45) is 9.98 Å². The lowest BCUT2D eigenvalue weighted by atomic mass is 9.98. The zero-order valence-electron chi connectivity index (χ0n) is 17.9. The first-order valence-corrected chi connectivity index (χ1v) is 11.1. The van der Waals surface area contributed by atoms with E-state index in [1.165, 1.54) is 0 Å². The highest BCUT2D eigenvalue weighted by atomic mass is 35.5. The van der Waals surface area contributed by atoms with Gasteiger partial charge in [-0.05, 0) is 49.2 Å². The molecule has 0 unspecified atom stereocenters. The van der Waals surface area contributed by atoms with Crippen LogP contribution in [-0.4, -0.2) is 11.4 Å². The average molecular weight is 457 g/mol. The smallest absolute Gasteiger partial charge is 0.0972 e. The van der Waals surface area contributed by atoms with Crippen molar-refractivity contribution in [1.82, 2.24) is 0 Å². The Labute approximate surface area is 198 Å². The summed E-state index contributed by atoms with van der Waals surface area (Å²) in [5.41, 5.74) is 6.93. The number of hydrogen-bond donors (Lipinski definition) is 0. The van der Waals surface area contributed by atoms with Crippen molar-refractivity contribution in [1.29, 1.82) is 0 Å². The third kappa shape index (κ3) is 4.83. The van der Waals surface area contributed by atoms with Crippen LogP contribution in [0.2, 0.25) is 10.0 Å². The predicted molar refractivity (Wildman–Crippen MR) is 138 cm³/mol. The van der Waals surface area contributed by atoms with Gasteiger partial charge in [-0.2, -0.15) is 0 Å². The maximum atomic E-state index is 6.39. The van der Waals surface area contributed by atoms with E-state index in [1.54, 1.807) is 0 Å². The second-order valence-corrected chi connectivity index (χ2v) is 8.24. The molecule has 4 rings (SSSR count). The van der Waals surface area contributed by atoms with Crippen LogP contribution >= 0.6 is 23.2 Å². The van der Waals surface area contributed by atoms with Crippen LogP contribution in [0.4, 0.5) is 11.4 Å². The van der Waals surface area contributed by atoms with E-state index >= 15 is 0 Å². The predicted octanol–water partition coefficient (Wildman–Crippen LogP) is 8.55. The molecule has 0 heterocycles. The standard InChI is InChI=1S/C28H22Cl2N2/c1-19-23(29)15-9-17-25(19)31-27(21-11-5-3-6-12-21)28(22-13-7-4-8-14-22)32-26-18-10-16-24(30)20(26)2/h3-18H,1-2H3/b31-27+,32-28+. The van der Waals surface area contributed by atoms with Crippen LogP contribution in [-0.2, 0) is 0 Å². The van der Waals surface area contributed by atoms with E-state index in [0.29, 0.717) is 10.0 Å². The summed E-state index contributed by atoms with van der Waals surface area (Å²) >= 11 is 12.8. The molecule has 0 bridgehead atoms. The molecule has 4 aromatic rings. The fraction of sp³-hybridized carbons (Fsp3) is 0.0714. The lowest BCUT2D eigenvalue weighted by Crippen LogP contribution is -2.17. The Morgan fingerprint density at radius 3 is 1.25 bits per heavy atom. The van der Waals surface area contributed by atoms with E-state index in [0.717, 1.165) is 45.1 Å². The molecule has 0 atom stereocenters. The summed E-state index contributed by atoms with van der Waals surface area (Å²) in [6.07, 6.45) is 0. The van der Waals surface area contributed by atoms with Crippen molar-refractivity contribution in [3.63, 3.8) is 0 Å². The quantitative estimate of drug-likeness (QED) is 0.268. The highest BCUT2D eigenvalue weighted by molar-refractivity contribution is 6.54. The summed E-state index contributed by atoms with van der Waals surface area (Å²) in [6, 6.07) is 31.7. The molecule has 0 N–H and O–H groups in total. The van der Waals surface area contributed by atoms with Gasteiger partial charge in [-0.15, -0.1) is 0 Å². The van der Waals surface area contributed by atoms with Crippen molar-refractivity contribution in [2.75, 3.05) is 0 Å². The van der Waals surface area contributed by atoms with E-state index < -0.39 is 0 Å². The molecule has 0 saturated carbocycles.